The van der Waals surface area contributed by atoms with Crippen molar-refractivity contribution in [3.8, 4) is 0 Å². The minimum absolute atomic E-state index is 0.0369. The van der Waals surface area contributed by atoms with Gasteiger partial charge >= 0.3 is 5.97 Å². The van der Waals surface area contributed by atoms with E-state index in [0.717, 1.165) is 5.57 Å². The van der Waals surface area contributed by atoms with Gasteiger partial charge in [0.2, 0.25) is 0 Å². The first kappa shape index (κ1) is 29.9. The molecule has 4 aliphatic carbocycles. The molecule has 6 rings (SSSR count). The van der Waals surface area contributed by atoms with Gasteiger partial charge in [0.15, 0.2) is 6.29 Å². The molecule has 0 spiro atoms. The van der Waals surface area contributed by atoms with Gasteiger partial charge in [-0.1, -0.05) is 6.92 Å². The van der Waals surface area contributed by atoms with Crippen LogP contribution < -0.4 is 0 Å². The molecule has 0 amide bonds. The highest BCUT2D eigenvalue weighted by Gasteiger charge is 2.75. The Labute approximate surface area is 238 Å². The molecule has 15 atom stereocenters. The average molecular weight is 585 g/mol. The lowest BCUT2D eigenvalue weighted by Gasteiger charge is -2.68. The van der Waals surface area contributed by atoms with Crippen LogP contribution in [0.15, 0.2) is 11.6 Å². The topological polar surface area (TPSA) is 207 Å². The van der Waals surface area contributed by atoms with Crippen LogP contribution in [0.25, 0.3) is 0 Å². The van der Waals surface area contributed by atoms with Crippen LogP contribution in [0.2, 0.25) is 0 Å². The molecule has 4 saturated carbocycles. The molecule has 232 valence electrons. The largest absolute Gasteiger partial charge is 0.458 e. The molecule has 0 aromatic heterocycles. The van der Waals surface area contributed by atoms with Gasteiger partial charge in [0, 0.05) is 30.3 Å². The lowest BCUT2D eigenvalue weighted by molar-refractivity contribution is -0.342. The van der Waals surface area contributed by atoms with E-state index in [2.05, 4.69) is 0 Å². The van der Waals surface area contributed by atoms with Crippen molar-refractivity contribution in [1.82, 2.24) is 0 Å². The second kappa shape index (κ2) is 9.91. The smallest absolute Gasteiger partial charge is 0.331 e. The first-order valence-corrected chi connectivity index (χ1v) is 14.9. The molecule has 0 aromatic rings. The summed E-state index contributed by atoms with van der Waals surface area (Å²) >= 11 is 0. The number of rotatable bonds is 4. The van der Waals surface area contributed by atoms with Crippen molar-refractivity contribution in [2.75, 3.05) is 13.2 Å². The molecule has 1 saturated heterocycles. The number of carbonyl (C=O) groups excluding carboxylic acids is 1. The summed E-state index contributed by atoms with van der Waals surface area (Å²) in [7, 11) is 0. The number of hydrogen-bond acceptors (Lipinski definition) is 12. The normalized spacial score (nSPS) is 56.9. The van der Waals surface area contributed by atoms with Crippen molar-refractivity contribution in [3.05, 3.63) is 11.6 Å². The molecule has 6 aliphatic rings. The zero-order valence-corrected chi connectivity index (χ0v) is 23.5. The summed E-state index contributed by atoms with van der Waals surface area (Å²) in [6, 6.07) is 0. The summed E-state index contributed by atoms with van der Waals surface area (Å²) < 4.78 is 16.7. The molecule has 2 heterocycles. The fraction of sp³-hybridized carbons (Fsp3) is 0.897. The molecule has 41 heavy (non-hydrogen) atoms. The molecule has 12 nitrogen and oxygen atoms in total. The molecule has 5 fully saturated rings. The highest BCUT2D eigenvalue weighted by Crippen LogP contribution is 2.70. The van der Waals surface area contributed by atoms with E-state index in [1.165, 1.54) is 13.0 Å². The molecular formula is C29H44O12. The molecule has 0 aromatic carbocycles. The van der Waals surface area contributed by atoms with Crippen LogP contribution in [0.4, 0.5) is 0 Å². The van der Waals surface area contributed by atoms with Crippen molar-refractivity contribution in [2.45, 2.75) is 119 Å². The van der Waals surface area contributed by atoms with Gasteiger partial charge in [-0.25, -0.2) is 4.79 Å². The summed E-state index contributed by atoms with van der Waals surface area (Å²) in [6.45, 7) is 3.00. The summed E-state index contributed by atoms with van der Waals surface area (Å²) in [5.41, 5.74) is -4.46. The third-order valence-corrected chi connectivity index (χ3v) is 12.2. The Hall–Kier alpha value is -1.19. The van der Waals surface area contributed by atoms with Crippen LogP contribution in [0.5, 0.6) is 0 Å². The van der Waals surface area contributed by atoms with Gasteiger partial charge in [0.05, 0.1) is 47.6 Å². The summed E-state index contributed by atoms with van der Waals surface area (Å²) in [5, 5.41) is 89.6. The van der Waals surface area contributed by atoms with Gasteiger partial charge < -0.3 is 55.1 Å². The number of fused-ring (bicyclic) bond motifs is 5. The lowest BCUT2D eigenvalue weighted by atomic mass is 9.40. The number of aliphatic hydroxyl groups is 8. The van der Waals surface area contributed by atoms with Gasteiger partial charge in [-0.3, -0.25) is 0 Å². The van der Waals surface area contributed by atoms with Crippen LogP contribution in [0.1, 0.15) is 58.8 Å². The van der Waals surface area contributed by atoms with Crippen LogP contribution in [-0.4, -0.2) is 120 Å². The number of cyclic esters (lactones) is 1. The minimum atomic E-state index is -1.67. The van der Waals surface area contributed by atoms with Crippen molar-refractivity contribution in [3.63, 3.8) is 0 Å². The Kier molecular flexibility index (Phi) is 7.22. The van der Waals surface area contributed by atoms with E-state index in [9.17, 15) is 45.6 Å². The van der Waals surface area contributed by atoms with E-state index in [4.69, 9.17) is 14.2 Å². The van der Waals surface area contributed by atoms with Crippen LogP contribution in [0.3, 0.4) is 0 Å². The first-order valence-electron chi connectivity index (χ1n) is 14.9. The zero-order valence-electron chi connectivity index (χ0n) is 23.5. The Morgan fingerprint density at radius 2 is 1.76 bits per heavy atom. The van der Waals surface area contributed by atoms with Crippen molar-refractivity contribution in [1.29, 1.82) is 0 Å². The van der Waals surface area contributed by atoms with Crippen molar-refractivity contribution in [2.24, 2.45) is 28.6 Å². The summed E-state index contributed by atoms with van der Waals surface area (Å²) in [6.07, 6.45) is -6.68. The second-order valence-corrected chi connectivity index (χ2v) is 13.8. The third kappa shape index (κ3) is 3.99. The maximum absolute atomic E-state index is 12.4. The maximum atomic E-state index is 12.4. The molecule has 0 radical (unpaired) electrons. The fourth-order valence-electron chi connectivity index (χ4n) is 10.1. The van der Waals surface area contributed by atoms with Crippen LogP contribution >= 0.6 is 0 Å². The van der Waals surface area contributed by atoms with Crippen LogP contribution in [-0.2, 0) is 19.0 Å². The number of hydrogen-bond donors (Lipinski definition) is 8. The third-order valence-electron chi connectivity index (χ3n) is 12.2. The number of ether oxygens (including phenoxy) is 3. The predicted molar refractivity (Wildman–Crippen MR) is 139 cm³/mol. The monoisotopic (exact) mass is 584 g/mol. The minimum Gasteiger partial charge on any atom is -0.458 e. The highest BCUT2D eigenvalue weighted by molar-refractivity contribution is 5.85. The Balaban J connectivity index is 1.28. The lowest BCUT2D eigenvalue weighted by Crippen LogP contribution is -2.76. The fourth-order valence-corrected chi connectivity index (χ4v) is 10.1. The Bertz CT molecular complexity index is 1080. The predicted octanol–water partition coefficient (Wildman–Crippen LogP) is -1.51. The average Bonchev–Trinajstić information content (AvgIpc) is 3.45. The second-order valence-electron chi connectivity index (χ2n) is 13.8. The SMILES string of the molecule is C[C@@H]1O[C@H](OC2CC(O)[C@]3(CO)[C@H]4C(O)C[C@]5(C)[C@@H](C6=CC(=O)OC6)CC[C@]5(O)[C@@H]4CCC3(O)C2)[C@H](O)[C@H](O)[C@@H]1O. The van der Waals surface area contributed by atoms with E-state index < -0.39 is 95.5 Å². The van der Waals surface area contributed by atoms with E-state index >= 15 is 0 Å². The summed E-state index contributed by atoms with van der Waals surface area (Å²) in [4.78, 5) is 11.8. The van der Waals surface area contributed by atoms with Gasteiger partial charge in [-0.2, -0.15) is 0 Å². The van der Waals surface area contributed by atoms with E-state index in [-0.39, 0.29) is 38.2 Å². The Morgan fingerprint density at radius 3 is 2.41 bits per heavy atom. The van der Waals surface area contributed by atoms with Gasteiger partial charge in [0.1, 0.15) is 24.9 Å². The van der Waals surface area contributed by atoms with E-state index in [1.807, 2.05) is 6.92 Å². The molecule has 4 unspecified atom stereocenters. The van der Waals surface area contributed by atoms with E-state index in [1.54, 1.807) is 0 Å². The molecule has 2 aliphatic heterocycles. The van der Waals surface area contributed by atoms with Crippen molar-refractivity contribution < 1.29 is 59.9 Å². The summed E-state index contributed by atoms with van der Waals surface area (Å²) in [5.74, 6) is -1.93. The van der Waals surface area contributed by atoms with Gasteiger partial charge in [0.25, 0.3) is 0 Å². The zero-order chi connectivity index (χ0) is 29.7. The molecule has 12 heteroatoms. The van der Waals surface area contributed by atoms with Gasteiger partial charge in [-0.15, -0.1) is 0 Å². The molecule has 8 N–H and O–H groups in total. The highest BCUT2D eigenvalue weighted by atomic mass is 16.7. The number of esters is 1. The van der Waals surface area contributed by atoms with Crippen molar-refractivity contribution >= 4 is 5.97 Å². The maximum Gasteiger partial charge on any atom is 0.331 e. The standard InChI is InChI=1S/C29H44O12/c1-13-22(34)23(35)24(36)25(40-13)41-15-8-19(32)28(12-30)21-17(3-5-27(28,37)9-15)29(38)6-4-16(14-7-20(33)39-11-14)26(29,2)10-18(21)31/h7,13,15-19,21-25,30-32,34-38H,3-6,8-12H2,1-2H3/t13-,15?,16+,17+,18?,19?,21+,22+,23+,24+,25+,26+,27?,28+,29-/m0/s1. The quantitative estimate of drug-likeness (QED) is 0.140. The van der Waals surface area contributed by atoms with E-state index in [0.29, 0.717) is 19.3 Å². The molecular weight excluding hydrogens is 540 g/mol. The molecule has 0 bridgehead atoms. The number of carbonyl (C=O) groups is 1. The number of aliphatic hydroxyl groups excluding tert-OH is 6. The first-order chi connectivity index (χ1) is 19.2. The Morgan fingerprint density at radius 1 is 1.02 bits per heavy atom. The van der Waals surface area contributed by atoms with Gasteiger partial charge in [-0.05, 0) is 56.4 Å². The van der Waals surface area contributed by atoms with Crippen LogP contribution in [0, 0.1) is 28.6 Å².